The van der Waals surface area contributed by atoms with Crippen LogP contribution in [0.2, 0.25) is 0 Å². The van der Waals surface area contributed by atoms with E-state index in [9.17, 15) is 4.39 Å². The maximum absolute atomic E-state index is 12.9. The SMILES string of the molecule is C=CC1CCN(c2nnc(Cc3ccc(F)cc3)s2)CC1. The minimum absolute atomic E-state index is 0.207. The first-order valence-corrected chi connectivity index (χ1v) is 8.00. The molecule has 2 heterocycles. The van der Waals surface area contributed by atoms with Crippen LogP contribution in [0.15, 0.2) is 36.9 Å². The van der Waals surface area contributed by atoms with E-state index in [0.717, 1.165) is 41.6 Å². The topological polar surface area (TPSA) is 29.0 Å². The van der Waals surface area contributed by atoms with Gasteiger partial charge in [-0.2, -0.15) is 0 Å². The van der Waals surface area contributed by atoms with Crippen LogP contribution in [0, 0.1) is 11.7 Å². The molecule has 0 amide bonds. The predicted octanol–water partition coefficient (Wildman–Crippen LogP) is 3.67. The summed E-state index contributed by atoms with van der Waals surface area (Å²) in [5, 5.41) is 10.5. The Kier molecular flexibility index (Phi) is 4.29. The third kappa shape index (κ3) is 3.47. The van der Waals surface area contributed by atoms with Crippen molar-refractivity contribution in [2.75, 3.05) is 18.0 Å². The average molecular weight is 303 g/mol. The molecule has 110 valence electrons. The average Bonchev–Trinajstić information content (AvgIpc) is 2.98. The molecule has 0 unspecified atom stereocenters. The van der Waals surface area contributed by atoms with E-state index in [1.165, 1.54) is 12.1 Å². The number of nitrogens with zero attached hydrogens (tertiary/aromatic N) is 3. The van der Waals surface area contributed by atoms with E-state index >= 15 is 0 Å². The van der Waals surface area contributed by atoms with E-state index in [0.29, 0.717) is 12.3 Å². The molecule has 0 saturated carbocycles. The van der Waals surface area contributed by atoms with Crippen molar-refractivity contribution in [3.63, 3.8) is 0 Å². The van der Waals surface area contributed by atoms with Crippen LogP contribution in [-0.2, 0) is 6.42 Å². The molecular formula is C16H18FN3S. The molecule has 1 fully saturated rings. The van der Waals surface area contributed by atoms with Crippen molar-refractivity contribution in [2.45, 2.75) is 19.3 Å². The number of hydrogen-bond acceptors (Lipinski definition) is 4. The fraction of sp³-hybridized carbons (Fsp3) is 0.375. The highest BCUT2D eigenvalue weighted by atomic mass is 32.1. The van der Waals surface area contributed by atoms with E-state index in [1.807, 2.05) is 0 Å². The number of halogens is 1. The van der Waals surface area contributed by atoms with Crippen molar-refractivity contribution >= 4 is 16.5 Å². The number of benzene rings is 1. The minimum Gasteiger partial charge on any atom is -0.347 e. The molecule has 21 heavy (non-hydrogen) atoms. The van der Waals surface area contributed by atoms with Crippen molar-refractivity contribution < 1.29 is 4.39 Å². The van der Waals surface area contributed by atoms with Crippen LogP contribution in [0.25, 0.3) is 0 Å². The first kappa shape index (κ1) is 14.2. The highest BCUT2D eigenvalue weighted by Gasteiger charge is 2.20. The zero-order valence-corrected chi connectivity index (χ0v) is 12.7. The minimum atomic E-state index is -0.207. The highest BCUT2D eigenvalue weighted by molar-refractivity contribution is 7.15. The lowest BCUT2D eigenvalue weighted by molar-refractivity contribution is 0.478. The van der Waals surface area contributed by atoms with E-state index in [4.69, 9.17) is 0 Å². The maximum atomic E-state index is 12.9. The van der Waals surface area contributed by atoms with Crippen LogP contribution in [0.4, 0.5) is 9.52 Å². The van der Waals surface area contributed by atoms with Gasteiger partial charge in [-0.3, -0.25) is 0 Å². The Bertz CT molecular complexity index is 600. The smallest absolute Gasteiger partial charge is 0.208 e. The molecule has 1 saturated heterocycles. The molecule has 5 heteroatoms. The molecule has 3 rings (SSSR count). The first-order chi connectivity index (χ1) is 10.2. The Morgan fingerprint density at radius 1 is 1.24 bits per heavy atom. The van der Waals surface area contributed by atoms with Crippen molar-refractivity contribution in [2.24, 2.45) is 5.92 Å². The summed E-state index contributed by atoms with van der Waals surface area (Å²) in [6.07, 6.45) is 5.03. The van der Waals surface area contributed by atoms with Crippen molar-refractivity contribution in [1.82, 2.24) is 10.2 Å². The molecule has 2 aromatic rings. The van der Waals surface area contributed by atoms with Gasteiger partial charge in [0.25, 0.3) is 0 Å². The van der Waals surface area contributed by atoms with Crippen LogP contribution in [0.5, 0.6) is 0 Å². The van der Waals surface area contributed by atoms with E-state index in [2.05, 4.69) is 27.8 Å². The fourth-order valence-corrected chi connectivity index (χ4v) is 3.47. The number of allylic oxidation sites excluding steroid dienone is 1. The van der Waals surface area contributed by atoms with Gasteiger partial charge in [0, 0.05) is 19.5 Å². The largest absolute Gasteiger partial charge is 0.347 e. The second-order valence-electron chi connectivity index (χ2n) is 5.34. The van der Waals surface area contributed by atoms with Gasteiger partial charge in [0.05, 0.1) is 0 Å². The van der Waals surface area contributed by atoms with Gasteiger partial charge in [-0.25, -0.2) is 4.39 Å². The number of piperidine rings is 1. The number of rotatable bonds is 4. The Labute approximate surface area is 128 Å². The Hall–Kier alpha value is -1.75. The molecule has 0 aliphatic carbocycles. The summed E-state index contributed by atoms with van der Waals surface area (Å²) in [6.45, 7) is 5.90. The summed E-state index contributed by atoms with van der Waals surface area (Å²) >= 11 is 1.63. The molecule has 1 aliphatic rings. The van der Waals surface area contributed by atoms with E-state index in [-0.39, 0.29) is 5.82 Å². The van der Waals surface area contributed by atoms with Crippen LogP contribution in [0.1, 0.15) is 23.4 Å². The van der Waals surface area contributed by atoms with Gasteiger partial charge in [-0.1, -0.05) is 29.5 Å². The predicted molar refractivity (Wildman–Crippen MR) is 84.2 cm³/mol. The van der Waals surface area contributed by atoms with Crippen LogP contribution in [0.3, 0.4) is 0 Å². The molecule has 1 aromatic heterocycles. The Balaban J connectivity index is 1.63. The molecule has 3 nitrogen and oxygen atoms in total. The van der Waals surface area contributed by atoms with E-state index < -0.39 is 0 Å². The van der Waals surface area contributed by atoms with Gasteiger partial charge in [-0.15, -0.1) is 16.8 Å². The van der Waals surface area contributed by atoms with Crippen LogP contribution < -0.4 is 4.90 Å². The third-order valence-electron chi connectivity index (χ3n) is 3.87. The lowest BCUT2D eigenvalue weighted by Crippen LogP contribution is -2.32. The van der Waals surface area contributed by atoms with Crippen molar-refractivity contribution in [3.8, 4) is 0 Å². The van der Waals surface area contributed by atoms with Crippen LogP contribution >= 0.6 is 11.3 Å². The summed E-state index contributed by atoms with van der Waals surface area (Å²) in [5.41, 5.74) is 1.06. The summed E-state index contributed by atoms with van der Waals surface area (Å²) in [4.78, 5) is 2.30. The van der Waals surface area contributed by atoms with E-state index in [1.54, 1.807) is 23.5 Å². The molecule has 0 bridgehead atoms. The molecule has 0 N–H and O–H groups in total. The monoisotopic (exact) mass is 303 g/mol. The molecular weight excluding hydrogens is 285 g/mol. The molecule has 0 spiro atoms. The summed E-state index contributed by atoms with van der Waals surface area (Å²) < 4.78 is 12.9. The summed E-state index contributed by atoms with van der Waals surface area (Å²) in [5.74, 6) is 0.426. The lowest BCUT2D eigenvalue weighted by atomic mass is 9.98. The van der Waals surface area contributed by atoms with Gasteiger partial charge in [-0.05, 0) is 36.5 Å². The number of aromatic nitrogens is 2. The Morgan fingerprint density at radius 2 is 1.95 bits per heavy atom. The lowest BCUT2D eigenvalue weighted by Gasteiger charge is -2.29. The third-order valence-corrected chi connectivity index (χ3v) is 4.85. The van der Waals surface area contributed by atoms with Crippen molar-refractivity contribution in [3.05, 3.63) is 53.3 Å². The maximum Gasteiger partial charge on any atom is 0.208 e. The zero-order chi connectivity index (χ0) is 14.7. The van der Waals surface area contributed by atoms with Gasteiger partial charge < -0.3 is 4.90 Å². The van der Waals surface area contributed by atoms with Gasteiger partial charge >= 0.3 is 0 Å². The first-order valence-electron chi connectivity index (χ1n) is 7.19. The molecule has 0 radical (unpaired) electrons. The van der Waals surface area contributed by atoms with Gasteiger partial charge in [0.15, 0.2) is 0 Å². The molecule has 0 atom stereocenters. The fourth-order valence-electron chi connectivity index (χ4n) is 2.55. The summed E-state index contributed by atoms with van der Waals surface area (Å²) in [7, 11) is 0. The highest BCUT2D eigenvalue weighted by Crippen LogP contribution is 2.27. The number of hydrogen-bond donors (Lipinski definition) is 0. The van der Waals surface area contributed by atoms with Gasteiger partial charge in [0.1, 0.15) is 10.8 Å². The van der Waals surface area contributed by atoms with Crippen molar-refractivity contribution in [1.29, 1.82) is 0 Å². The molecule has 1 aromatic carbocycles. The quantitative estimate of drug-likeness (QED) is 0.807. The normalized spacial score (nSPS) is 16.1. The standard InChI is InChI=1S/C16H18FN3S/c1-2-12-7-9-20(10-8-12)16-19-18-15(21-16)11-13-3-5-14(17)6-4-13/h2-6,12H,1,7-11H2. The van der Waals surface area contributed by atoms with Gasteiger partial charge in [0.2, 0.25) is 5.13 Å². The summed E-state index contributed by atoms with van der Waals surface area (Å²) in [6, 6.07) is 6.56. The second-order valence-corrected chi connectivity index (χ2v) is 6.38. The van der Waals surface area contributed by atoms with Crippen LogP contribution in [-0.4, -0.2) is 23.3 Å². The Morgan fingerprint density at radius 3 is 2.62 bits per heavy atom. The zero-order valence-electron chi connectivity index (χ0n) is 11.8. The number of anilines is 1. The molecule has 1 aliphatic heterocycles. The second kappa shape index (κ2) is 6.35.